The zero-order valence-electron chi connectivity index (χ0n) is 10.5. The van der Waals surface area contributed by atoms with Gasteiger partial charge in [0, 0.05) is 24.3 Å². The Kier molecular flexibility index (Phi) is 4.68. The summed E-state index contributed by atoms with van der Waals surface area (Å²) in [4.78, 5) is 0. The van der Waals surface area contributed by atoms with E-state index in [9.17, 15) is 0 Å². The van der Waals surface area contributed by atoms with Gasteiger partial charge in [-0.25, -0.2) is 0 Å². The van der Waals surface area contributed by atoms with E-state index in [2.05, 4.69) is 29.7 Å². The lowest BCUT2D eigenvalue weighted by molar-refractivity contribution is 0.317. The molecule has 0 spiro atoms. The van der Waals surface area contributed by atoms with Gasteiger partial charge in [0.25, 0.3) is 0 Å². The van der Waals surface area contributed by atoms with Crippen molar-refractivity contribution in [1.82, 2.24) is 5.32 Å². The quantitative estimate of drug-likeness (QED) is 0.794. The van der Waals surface area contributed by atoms with Crippen molar-refractivity contribution in [3.8, 4) is 5.75 Å². The van der Waals surface area contributed by atoms with E-state index in [-0.39, 0.29) is 0 Å². The minimum atomic E-state index is 0.621. The number of rotatable bonds is 6. The van der Waals surface area contributed by atoms with Crippen molar-refractivity contribution in [1.29, 1.82) is 0 Å². The predicted molar refractivity (Wildman–Crippen MR) is 71.7 cm³/mol. The molecule has 94 valence electrons. The van der Waals surface area contributed by atoms with E-state index in [1.807, 2.05) is 12.1 Å². The SMILES string of the molecule is CCCOc1cccc(NCC2CCCN2)c1. The number of hydrogen-bond donors (Lipinski definition) is 2. The molecule has 0 saturated carbocycles. The van der Waals surface area contributed by atoms with Gasteiger partial charge in [-0.2, -0.15) is 0 Å². The number of ether oxygens (including phenoxy) is 1. The lowest BCUT2D eigenvalue weighted by Crippen LogP contribution is -2.29. The molecule has 1 unspecified atom stereocenters. The fourth-order valence-corrected chi connectivity index (χ4v) is 2.09. The zero-order valence-corrected chi connectivity index (χ0v) is 10.5. The van der Waals surface area contributed by atoms with Crippen LogP contribution in [-0.2, 0) is 0 Å². The van der Waals surface area contributed by atoms with Gasteiger partial charge in [0.15, 0.2) is 0 Å². The maximum Gasteiger partial charge on any atom is 0.121 e. The third-order valence-corrected chi connectivity index (χ3v) is 3.02. The smallest absolute Gasteiger partial charge is 0.121 e. The van der Waals surface area contributed by atoms with Crippen molar-refractivity contribution >= 4 is 5.69 Å². The second-order valence-corrected chi connectivity index (χ2v) is 4.55. The fourth-order valence-electron chi connectivity index (χ4n) is 2.09. The summed E-state index contributed by atoms with van der Waals surface area (Å²) in [6.07, 6.45) is 3.62. The molecule has 0 bridgehead atoms. The first-order valence-corrected chi connectivity index (χ1v) is 6.58. The van der Waals surface area contributed by atoms with Crippen molar-refractivity contribution < 1.29 is 4.74 Å². The van der Waals surface area contributed by atoms with Gasteiger partial charge in [0.2, 0.25) is 0 Å². The fraction of sp³-hybridized carbons (Fsp3) is 0.571. The molecule has 2 rings (SSSR count). The molecule has 1 atom stereocenters. The molecule has 1 fully saturated rings. The lowest BCUT2D eigenvalue weighted by Gasteiger charge is -2.13. The summed E-state index contributed by atoms with van der Waals surface area (Å²) in [5.41, 5.74) is 1.15. The van der Waals surface area contributed by atoms with Gasteiger partial charge in [0.1, 0.15) is 5.75 Å². The normalized spacial score (nSPS) is 19.2. The van der Waals surface area contributed by atoms with Crippen LogP contribution in [0, 0.1) is 0 Å². The Bertz CT molecular complexity index is 335. The van der Waals surface area contributed by atoms with E-state index >= 15 is 0 Å². The van der Waals surface area contributed by atoms with Crippen LogP contribution < -0.4 is 15.4 Å². The molecular weight excluding hydrogens is 212 g/mol. The Morgan fingerprint density at radius 2 is 2.41 bits per heavy atom. The van der Waals surface area contributed by atoms with Crippen LogP contribution in [0.1, 0.15) is 26.2 Å². The summed E-state index contributed by atoms with van der Waals surface area (Å²) in [6.45, 7) is 5.06. The van der Waals surface area contributed by atoms with Crippen LogP contribution in [0.5, 0.6) is 5.75 Å². The molecule has 0 amide bonds. The van der Waals surface area contributed by atoms with Gasteiger partial charge in [-0.1, -0.05) is 13.0 Å². The molecular formula is C14H22N2O. The topological polar surface area (TPSA) is 33.3 Å². The summed E-state index contributed by atoms with van der Waals surface area (Å²) in [5, 5.41) is 6.94. The molecule has 0 radical (unpaired) electrons. The summed E-state index contributed by atoms with van der Waals surface area (Å²) in [6, 6.07) is 8.83. The van der Waals surface area contributed by atoms with Crippen LogP contribution in [0.3, 0.4) is 0 Å². The highest BCUT2D eigenvalue weighted by molar-refractivity contribution is 5.48. The summed E-state index contributed by atoms with van der Waals surface area (Å²) < 4.78 is 5.61. The molecule has 3 nitrogen and oxygen atoms in total. The lowest BCUT2D eigenvalue weighted by atomic mass is 10.2. The molecule has 1 aliphatic heterocycles. The van der Waals surface area contributed by atoms with E-state index in [0.717, 1.165) is 37.6 Å². The monoisotopic (exact) mass is 234 g/mol. The van der Waals surface area contributed by atoms with Gasteiger partial charge in [-0.05, 0) is 37.9 Å². The third-order valence-electron chi connectivity index (χ3n) is 3.02. The van der Waals surface area contributed by atoms with Gasteiger partial charge in [0.05, 0.1) is 6.61 Å². The molecule has 3 heteroatoms. The van der Waals surface area contributed by atoms with Gasteiger partial charge >= 0.3 is 0 Å². The van der Waals surface area contributed by atoms with E-state index in [4.69, 9.17) is 4.74 Å². The molecule has 0 aromatic heterocycles. The molecule has 1 heterocycles. The molecule has 2 N–H and O–H groups in total. The molecule has 1 aromatic rings. The maximum absolute atomic E-state index is 5.61. The number of hydrogen-bond acceptors (Lipinski definition) is 3. The highest BCUT2D eigenvalue weighted by atomic mass is 16.5. The van der Waals surface area contributed by atoms with Gasteiger partial charge < -0.3 is 15.4 Å². The van der Waals surface area contributed by atoms with E-state index in [1.165, 1.54) is 12.8 Å². The van der Waals surface area contributed by atoms with Crippen LogP contribution in [0.15, 0.2) is 24.3 Å². The van der Waals surface area contributed by atoms with E-state index < -0.39 is 0 Å². The predicted octanol–water partition coefficient (Wildman–Crippen LogP) is 2.64. The Labute approximate surface area is 104 Å². The first-order chi connectivity index (χ1) is 8.38. The van der Waals surface area contributed by atoms with Crippen molar-refractivity contribution in [2.75, 3.05) is 25.0 Å². The van der Waals surface area contributed by atoms with Crippen LogP contribution in [-0.4, -0.2) is 25.7 Å². The largest absolute Gasteiger partial charge is 0.494 e. The van der Waals surface area contributed by atoms with Crippen molar-refractivity contribution in [3.05, 3.63) is 24.3 Å². The second-order valence-electron chi connectivity index (χ2n) is 4.55. The first-order valence-electron chi connectivity index (χ1n) is 6.58. The molecule has 17 heavy (non-hydrogen) atoms. The standard InChI is InChI=1S/C14H22N2O/c1-2-9-17-14-7-3-5-12(10-14)16-11-13-6-4-8-15-13/h3,5,7,10,13,15-16H,2,4,6,8-9,11H2,1H3. The number of benzene rings is 1. The molecule has 1 aliphatic rings. The average molecular weight is 234 g/mol. The number of nitrogens with one attached hydrogen (secondary N) is 2. The second kappa shape index (κ2) is 6.50. The Hall–Kier alpha value is -1.22. The highest BCUT2D eigenvalue weighted by Crippen LogP contribution is 2.18. The van der Waals surface area contributed by atoms with Crippen molar-refractivity contribution in [2.24, 2.45) is 0 Å². The maximum atomic E-state index is 5.61. The summed E-state index contributed by atoms with van der Waals surface area (Å²) in [7, 11) is 0. The van der Waals surface area contributed by atoms with E-state index in [1.54, 1.807) is 0 Å². The van der Waals surface area contributed by atoms with Crippen molar-refractivity contribution in [3.63, 3.8) is 0 Å². The Morgan fingerprint density at radius 1 is 1.47 bits per heavy atom. The first kappa shape index (κ1) is 12.2. The third kappa shape index (κ3) is 3.93. The summed E-state index contributed by atoms with van der Waals surface area (Å²) in [5.74, 6) is 0.955. The zero-order chi connectivity index (χ0) is 11.9. The molecule has 1 saturated heterocycles. The average Bonchev–Trinajstić information content (AvgIpc) is 2.87. The molecule has 1 aromatic carbocycles. The highest BCUT2D eigenvalue weighted by Gasteiger charge is 2.12. The van der Waals surface area contributed by atoms with Crippen LogP contribution in [0.25, 0.3) is 0 Å². The number of anilines is 1. The molecule has 0 aliphatic carbocycles. The minimum Gasteiger partial charge on any atom is -0.494 e. The van der Waals surface area contributed by atoms with Crippen LogP contribution in [0.4, 0.5) is 5.69 Å². The van der Waals surface area contributed by atoms with Crippen molar-refractivity contribution in [2.45, 2.75) is 32.2 Å². The van der Waals surface area contributed by atoms with E-state index in [0.29, 0.717) is 6.04 Å². The van der Waals surface area contributed by atoms with Gasteiger partial charge in [-0.15, -0.1) is 0 Å². The Balaban J connectivity index is 1.82. The van der Waals surface area contributed by atoms with Crippen LogP contribution >= 0.6 is 0 Å². The van der Waals surface area contributed by atoms with Gasteiger partial charge in [-0.3, -0.25) is 0 Å². The minimum absolute atomic E-state index is 0.621. The van der Waals surface area contributed by atoms with Crippen LogP contribution in [0.2, 0.25) is 0 Å². The summed E-state index contributed by atoms with van der Waals surface area (Å²) >= 11 is 0. The Morgan fingerprint density at radius 3 is 3.18 bits per heavy atom.